The Kier molecular flexibility index (Phi) is 3.97. The van der Waals surface area contributed by atoms with E-state index in [1.54, 1.807) is 30.5 Å². The minimum absolute atomic E-state index is 0.201. The first-order valence-corrected chi connectivity index (χ1v) is 8.26. The Bertz CT molecular complexity index is 886. The molecule has 2 aromatic heterocycles. The summed E-state index contributed by atoms with van der Waals surface area (Å²) in [5.74, 6) is 0.461. The maximum Gasteiger partial charge on any atom is 0.416 e. The number of imidazole rings is 1. The van der Waals surface area contributed by atoms with E-state index in [2.05, 4.69) is 4.98 Å². The third kappa shape index (κ3) is 3.01. The van der Waals surface area contributed by atoms with Gasteiger partial charge in [-0.3, -0.25) is 4.21 Å². The van der Waals surface area contributed by atoms with Crippen molar-refractivity contribution < 1.29 is 17.4 Å². The number of benzene rings is 1. The van der Waals surface area contributed by atoms with E-state index in [0.717, 1.165) is 12.1 Å². The van der Waals surface area contributed by atoms with Crippen molar-refractivity contribution in [2.24, 2.45) is 0 Å². The van der Waals surface area contributed by atoms with Crippen LogP contribution in [0.4, 0.5) is 13.2 Å². The predicted octanol–water partition coefficient (Wildman–Crippen LogP) is 4.15. The lowest BCUT2D eigenvalue weighted by atomic mass is 10.2. The zero-order chi connectivity index (χ0) is 16.6. The van der Waals surface area contributed by atoms with Crippen molar-refractivity contribution >= 4 is 16.4 Å². The van der Waals surface area contributed by atoms with Gasteiger partial charge in [0, 0.05) is 28.6 Å². The van der Waals surface area contributed by atoms with Gasteiger partial charge < -0.3 is 4.40 Å². The van der Waals surface area contributed by atoms with Gasteiger partial charge >= 0.3 is 6.18 Å². The minimum Gasteiger partial charge on any atom is -0.306 e. The van der Waals surface area contributed by atoms with E-state index >= 15 is 0 Å². The molecule has 1 unspecified atom stereocenters. The van der Waals surface area contributed by atoms with E-state index in [0.29, 0.717) is 21.9 Å². The van der Waals surface area contributed by atoms with Crippen LogP contribution < -0.4 is 0 Å². The third-order valence-electron chi connectivity index (χ3n) is 3.46. The molecule has 120 valence electrons. The number of pyridine rings is 1. The van der Waals surface area contributed by atoms with E-state index in [1.807, 2.05) is 6.92 Å². The van der Waals surface area contributed by atoms with Crippen molar-refractivity contribution in [3.05, 3.63) is 54.4 Å². The Balaban J connectivity index is 2.13. The molecule has 3 rings (SSSR count). The summed E-state index contributed by atoms with van der Waals surface area (Å²) in [5.41, 5.74) is 0.631. The molecule has 2 heterocycles. The number of nitrogens with zero attached hydrogens (tertiary/aromatic N) is 2. The van der Waals surface area contributed by atoms with Gasteiger partial charge in [0.25, 0.3) is 0 Å². The molecule has 3 aromatic rings. The zero-order valence-corrected chi connectivity index (χ0v) is 13.0. The molecular formula is C16H13F3N2OS. The summed E-state index contributed by atoms with van der Waals surface area (Å²) < 4.78 is 52.0. The Morgan fingerprint density at radius 3 is 2.65 bits per heavy atom. The molecular weight excluding hydrogens is 325 g/mol. The molecule has 23 heavy (non-hydrogen) atoms. The maximum atomic E-state index is 12.8. The summed E-state index contributed by atoms with van der Waals surface area (Å²) >= 11 is 0. The van der Waals surface area contributed by atoms with E-state index in [-0.39, 0.29) is 5.65 Å². The standard InChI is InChI=1S/C16H13F3N2OS/c1-2-23(22)14-6-4-3-5-12(14)13-10-21-8-7-11(16(17,18)19)9-15(21)20-13/h3-10H,2H2,1H3. The van der Waals surface area contributed by atoms with Crippen LogP contribution in [-0.2, 0) is 17.0 Å². The van der Waals surface area contributed by atoms with E-state index in [9.17, 15) is 17.4 Å². The number of halogens is 3. The van der Waals surface area contributed by atoms with E-state index < -0.39 is 22.5 Å². The summed E-state index contributed by atoms with van der Waals surface area (Å²) in [6.07, 6.45) is -1.44. The second-order valence-electron chi connectivity index (χ2n) is 4.94. The van der Waals surface area contributed by atoms with Crippen molar-refractivity contribution in [1.29, 1.82) is 0 Å². The molecule has 0 bridgehead atoms. The molecule has 0 aliphatic heterocycles. The van der Waals surface area contributed by atoms with Crippen molar-refractivity contribution in [2.75, 3.05) is 5.75 Å². The highest BCUT2D eigenvalue weighted by Gasteiger charge is 2.30. The molecule has 0 N–H and O–H groups in total. The second-order valence-corrected chi connectivity index (χ2v) is 6.64. The van der Waals surface area contributed by atoms with Gasteiger partial charge in [0.05, 0.1) is 22.1 Å². The van der Waals surface area contributed by atoms with Gasteiger partial charge in [0.2, 0.25) is 0 Å². The van der Waals surface area contributed by atoms with Crippen LogP contribution in [0.1, 0.15) is 12.5 Å². The highest BCUT2D eigenvalue weighted by atomic mass is 32.2. The van der Waals surface area contributed by atoms with Gasteiger partial charge in [-0.1, -0.05) is 25.1 Å². The van der Waals surface area contributed by atoms with Gasteiger partial charge in [0.1, 0.15) is 5.65 Å². The monoisotopic (exact) mass is 338 g/mol. The molecule has 0 amide bonds. The van der Waals surface area contributed by atoms with Crippen LogP contribution in [0.3, 0.4) is 0 Å². The Morgan fingerprint density at radius 2 is 1.96 bits per heavy atom. The molecule has 1 atom stereocenters. The molecule has 0 aliphatic carbocycles. The molecule has 3 nitrogen and oxygen atoms in total. The SMILES string of the molecule is CCS(=O)c1ccccc1-c1cn2ccc(C(F)(F)F)cc2n1. The Hall–Kier alpha value is -2.15. The highest BCUT2D eigenvalue weighted by molar-refractivity contribution is 7.85. The summed E-state index contributed by atoms with van der Waals surface area (Å²) in [6.45, 7) is 1.81. The molecule has 0 saturated heterocycles. The van der Waals surface area contributed by atoms with Crippen molar-refractivity contribution in [1.82, 2.24) is 9.38 Å². The maximum absolute atomic E-state index is 12.8. The van der Waals surface area contributed by atoms with E-state index in [1.165, 1.54) is 10.6 Å². The topological polar surface area (TPSA) is 34.4 Å². The summed E-state index contributed by atoms with van der Waals surface area (Å²) in [7, 11) is -1.17. The van der Waals surface area contributed by atoms with Gasteiger partial charge in [-0.15, -0.1) is 0 Å². The van der Waals surface area contributed by atoms with Crippen molar-refractivity contribution in [3.8, 4) is 11.3 Å². The van der Waals surface area contributed by atoms with E-state index in [4.69, 9.17) is 0 Å². The predicted molar refractivity (Wildman–Crippen MR) is 82.6 cm³/mol. The average molecular weight is 338 g/mol. The fourth-order valence-corrected chi connectivity index (χ4v) is 3.28. The first-order valence-electron chi connectivity index (χ1n) is 6.94. The quantitative estimate of drug-likeness (QED) is 0.719. The molecule has 0 fully saturated rings. The normalized spacial score (nSPS) is 13.4. The fraction of sp³-hybridized carbons (Fsp3) is 0.188. The second kappa shape index (κ2) is 5.81. The van der Waals surface area contributed by atoms with Crippen LogP contribution >= 0.6 is 0 Å². The highest BCUT2D eigenvalue weighted by Crippen LogP contribution is 2.31. The molecule has 7 heteroatoms. The minimum atomic E-state index is -4.41. The number of hydrogen-bond acceptors (Lipinski definition) is 2. The summed E-state index contributed by atoms with van der Waals surface area (Å²) in [5, 5.41) is 0. The molecule has 1 aromatic carbocycles. The number of hydrogen-bond donors (Lipinski definition) is 0. The average Bonchev–Trinajstić information content (AvgIpc) is 2.96. The number of alkyl halides is 3. The lowest BCUT2D eigenvalue weighted by Gasteiger charge is -2.05. The van der Waals surface area contributed by atoms with Crippen LogP contribution in [0.5, 0.6) is 0 Å². The smallest absolute Gasteiger partial charge is 0.306 e. The van der Waals surface area contributed by atoms with Gasteiger partial charge in [0.15, 0.2) is 0 Å². The first kappa shape index (κ1) is 15.7. The van der Waals surface area contributed by atoms with Crippen LogP contribution in [0, 0.1) is 0 Å². The lowest BCUT2D eigenvalue weighted by Crippen LogP contribution is -2.05. The van der Waals surface area contributed by atoms with Gasteiger partial charge in [-0.25, -0.2) is 4.98 Å². The van der Waals surface area contributed by atoms with Crippen molar-refractivity contribution in [2.45, 2.75) is 18.0 Å². The fourth-order valence-electron chi connectivity index (χ4n) is 2.32. The third-order valence-corrected chi connectivity index (χ3v) is 4.83. The number of rotatable bonds is 3. The van der Waals surface area contributed by atoms with Crippen LogP contribution in [0.2, 0.25) is 0 Å². The number of fused-ring (bicyclic) bond motifs is 1. The first-order chi connectivity index (χ1) is 10.9. The molecule has 0 radical (unpaired) electrons. The Morgan fingerprint density at radius 1 is 1.22 bits per heavy atom. The molecule has 0 spiro atoms. The zero-order valence-electron chi connectivity index (χ0n) is 12.2. The largest absolute Gasteiger partial charge is 0.416 e. The molecule has 0 aliphatic rings. The summed E-state index contributed by atoms with van der Waals surface area (Å²) in [6, 6.07) is 9.10. The summed E-state index contributed by atoms with van der Waals surface area (Å²) in [4.78, 5) is 4.90. The van der Waals surface area contributed by atoms with Crippen LogP contribution in [0.15, 0.2) is 53.7 Å². The van der Waals surface area contributed by atoms with Gasteiger partial charge in [-0.2, -0.15) is 13.2 Å². The number of aromatic nitrogens is 2. The Labute approximate surface area is 133 Å². The van der Waals surface area contributed by atoms with Crippen LogP contribution in [-0.4, -0.2) is 19.3 Å². The van der Waals surface area contributed by atoms with Gasteiger partial charge in [-0.05, 0) is 18.2 Å². The van der Waals surface area contributed by atoms with Crippen LogP contribution in [0.25, 0.3) is 16.9 Å². The molecule has 0 saturated carbocycles. The van der Waals surface area contributed by atoms with Crippen molar-refractivity contribution in [3.63, 3.8) is 0 Å². The lowest BCUT2D eigenvalue weighted by molar-refractivity contribution is -0.137.